The first-order chi connectivity index (χ1) is 9.56. The first-order valence-corrected chi connectivity index (χ1v) is 7.55. The minimum atomic E-state index is -0.914. The maximum atomic E-state index is 11.7. The van der Waals surface area contributed by atoms with E-state index in [0.29, 0.717) is 12.1 Å². The Hall–Kier alpha value is -1.35. The zero-order chi connectivity index (χ0) is 14.3. The fraction of sp³-hybridized carbons (Fsp3) is 0.588. The second kappa shape index (κ2) is 5.21. The van der Waals surface area contributed by atoms with E-state index in [1.54, 1.807) is 0 Å². The smallest absolute Gasteiger partial charge is 0.0492 e. The predicted molar refractivity (Wildman–Crippen MR) is 76.2 cm³/mol. The quantitative estimate of drug-likeness (QED) is 0.841. The molecule has 20 heavy (non-hydrogen) atoms. The van der Waals surface area contributed by atoms with Gasteiger partial charge in [-0.15, -0.1) is 0 Å². The summed E-state index contributed by atoms with van der Waals surface area (Å²) in [5.74, 6) is -1.15. The summed E-state index contributed by atoms with van der Waals surface area (Å²) in [4.78, 5) is 14.1. The van der Waals surface area contributed by atoms with Crippen LogP contribution in [0.25, 0.3) is 0 Å². The van der Waals surface area contributed by atoms with Gasteiger partial charge in [0.25, 0.3) is 0 Å². The first kappa shape index (κ1) is 13.6. The third-order valence-electron chi connectivity index (χ3n) is 5.30. The molecule has 2 saturated heterocycles. The van der Waals surface area contributed by atoms with Gasteiger partial charge in [0, 0.05) is 24.0 Å². The average molecular weight is 272 g/mol. The summed E-state index contributed by atoms with van der Waals surface area (Å²) >= 11 is 0. The van der Waals surface area contributed by atoms with Crippen LogP contribution in [0.2, 0.25) is 0 Å². The molecule has 1 aromatic rings. The molecule has 0 spiro atoms. The Morgan fingerprint density at radius 2 is 1.75 bits per heavy atom. The molecule has 0 aromatic heterocycles. The molecular formula is C17H22NO2-. The van der Waals surface area contributed by atoms with Gasteiger partial charge in [-0.1, -0.05) is 29.8 Å². The van der Waals surface area contributed by atoms with Gasteiger partial charge in [-0.2, -0.15) is 0 Å². The zero-order valence-electron chi connectivity index (χ0n) is 12.2. The lowest BCUT2D eigenvalue weighted by Crippen LogP contribution is -2.44. The molecule has 108 valence electrons. The van der Waals surface area contributed by atoms with Gasteiger partial charge in [0.1, 0.15) is 0 Å². The van der Waals surface area contributed by atoms with Crippen LogP contribution in [0.3, 0.4) is 0 Å². The first-order valence-electron chi connectivity index (χ1n) is 7.55. The highest BCUT2D eigenvalue weighted by Crippen LogP contribution is 2.43. The van der Waals surface area contributed by atoms with Gasteiger partial charge in [0.05, 0.1) is 0 Å². The predicted octanol–water partition coefficient (Wildman–Crippen LogP) is 1.70. The van der Waals surface area contributed by atoms with Crippen LogP contribution in [-0.2, 0) is 4.79 Å². The molecule has 2 bridgehead atoms. The number of hydrogen-bond donors (Lipinski definition) is 0. The summed E-state index contributed by atoms with van der Waals surface area (Å²) in [6.07, 6.45) is 4.40. The Kier molecular flexibility index (Phi) is 3.55. The molecule has 2 fully saturated rings. The highest BCUT2D eigenvalue weighted by atomic mass is 16.4. The largest absolute Gasteiger partial charge is 0.549 e. The fourth-order valence-electron chi connectivity index (χ4n) is 4.10. The van der Waals surface area contributed by atoms with Crippen molar-refractivity contribution in [2.75, 3.05) is 7.05 Å². The minimum Gasteiger partial charge on any atom is -0.549 e. The fourth-order valence-corrected chi connectivity index (χ4v) is 4.10. The van der Waals surface area contributed by atoms with E-state index in [4.69, 9.17) is 0 Å². The zero-order valence-corrected chi connectivity index (χ0v) is 12.2. The lowest BCUT2D eigenvalue weighted by atomic mass is 9.77. The van der Waals surface area contributed by atoms with E-state index in [2.05, 4.69) is 11.9 Å². The molecule has 0 N–H and O–H groups in total. The molecule has 3 rings (SSSR count). The van der Waals surface area contributed by atoms with Crippen LogP contribution in [0.1, 0.15) is 42.7 Å². The molecule has 2 heterocycles. The normalized spacial score (nSPS) is 31.2. The number of nitrogens with zero attached hydrogens (tertiary/aromatic N) is 1. The number of hydrogen-bond acceptors (Lipinski definition) is 3. The third-order valence-corrected chi connectivity index (χ3v) is 5.30. The van der Waals surface area contributed by atoms with Crippen LogP contribution < -0.4 is 5.11 Å². The van der Waals surface area contributed by atoms with Gasteiger partial charge in [-0.05, 0) is 51.1 Å². The molecule has 2 aliphatic heterocycles. The van der Waals surface area contributed by atoms with Crippen LogP contribution in [0.4, 0.5) is 0 Å². The van der Waals surface area contributed by atoms with Gasteiger partial charge >= 0.3 is 0 Å². The van der Waals surface area contributed by atoms with Gasteiger partial charge in [0.2, 0.25) is 0 Å². The van der Waals surface area contributed by atoms with E-state index >= 15 is 0 Å². The highest BCUT2D eigenvalue weighted by molar-refractivity contribution is 5.74. The van der Waals surface area contributed by atoms with E-state index in [1.165, 1.54) is 12.8 Å². The van der Waals surface area contributed by atoms with E-state index in [0.717, 1.165) is 24.0 Å². The Morgan fingerprint density at radius 1 is 1.20 bits per heavy atom. The van der Waals surface area contributed by atoms with Crippen molar-refractivity contribution in [1.29, 1.82) is 0 Å². The number of aryl methyl sites for hydroxylation is 1. The molecule has 3 atom stereocenters. The van der Waals surface area contributed by atoms with Crippen LogP contribution in [0.15, 0.2) is 24.3 Å². The summed E-state index contributed by atoms with van der Waals surface area (Å²) in [6, 6.07) is 9.02. The van der Waals surface area contributed by atoms with E-state index in [9.17, 15) is 9.90 Å². The van der Waals surface area contributed by atoms with E-state index in [1.807, 2.05) is 31.2 Å². The Morgan fingerprint density at radius 3 is 2.25 bits per heavy atom. The second-order valence-corrected chi connectivity index (χ2v) is 6.49. The molecule has 0 saturated carbocycles. The molecule has 0 aliphatic carbocycles. The van der Waals surface area contributed by atoms with Crippen LogP contribution in [0, 0.1) is 12.8 Å². The number of carboxylic acids is 1. The molecular weight excluding hydrogens is 250 g/mol. The molecule has 3 nitrogen and oxygen atoms in total. The Balaban J connectivity index is 1.85. The maximum Gasteiger partial charge on any atom is 0.0492 e. The van der Waals surface area contributed by atoms with Gasteiger partial charge in [-0.25, -0.2) is 0 Å². The molecule has 0 amide bonds. The third kappa shape index (κ3) is 2.35. The van der Waals surface area contributed by atoms with Gasteiger partial charge < -0.3 is 14.8 Å². The molecule has 2 aliphatic rings. The Bertz CT molecular complexity index is 482. The number of rotatable bonds is 3. The van der Waals surface area contributed by atoms with Crippen molar-refractivity contribution in [1.82, 2.24) is 4.90 Å². The maximum absolute atomic E-state index is 11.7. The summed E-state index contributed by atoms with van der Waals surface area (Å²) < 4.78 is 0. The average Bonchev–Trinajstić information content (AvgIpc) is 2.64. The SMILES string of the molecule is Cc1ccc(C(C(=O)[O-])C2CC3CCC(C2)N3C)cc1. The lowest BCUT2D eigenvalue weighted by Gasteiger charge is -2.40. The van der Waals surface area contributed by atoms with Gasteiger partial charge in [0.15, 0.2) is 0 Å². The highest BCUT2D eigenvalue weighted by Gasteiger charge is 2.41. The second-order valence-electron chi connectivity index (χ2n) is 6.49. The van der Waals surface area contributed by atoms with Crippen LogP contribution >= 0.6 is 0 Å². The summed E-state index contributed by atoms with van der Waals surface area (Å²) in [7, 11) is 2.18. The summed E-state index contributed by atoms with van der Waals surface area (Å²) in [5, 5.41) is 11.7. The van der Waals surface area contributed by atoms with E-state index in [-0.39, 0.29) is 5.92 Å². The molecule has 3 unspecified atom stereocenters. The van der Waals surface area contributed by atoms with Gasteiger partial charge in [-0.3, -0.25) is 0 Å². The van der Waals surface area contributed by atoms with Crippen LogP contribution in [0.5, 0.6) is 0 Å². The number of piperidine rings is 1. The number of carbonyl (C=O) groups excluding carboxylic acids is 1. The van der Waals surface area contributed by atoms with Crippen molar-refractivity contribution in [3.8, 4) is 0 Å². The number of fused-ring (bicyclic) bond motifs is 2. The number of carboxylic acid groups (broad SMARTS) is 1. The van der Waals surface area contributed by atoms with Crippen molar-refractivity contribution < 1.29 is 9.90 Å². The van der Waals surface area contributed by atoms with Crippen LogP contribution in [-0.4, -0.2) is 30.0 Å². The number of benzene rings is 1. The summed E-state index contributed by atoms with van der Waals surface area (Å²) in [6.45, 7) is 2.02. The van der Waals surface area contributed by atoms with Crippen molar-refractivity contribution >= 4 is 5.97 Å². The molecule has 3 heteroatoms. The standard InChI is InChI=1S/C17H23NO2/c1-11-3-5-12(6-4-11)16(17(19)20)13-9-14-7-8-15(10-13)18(14)2/h3-6,13-16H,7-10H2,1-2H3,(H,19,20)/p-1. The van der Waals surface area contributed by atoms with Crippen molar-refractivity contribution in [3.63, 3.8) is 0 Å². The van der Waals surface area contributed by atoms with Crippen molar-refractivity contribution in [3.05, 3.63) is 35.4 Å². The Labute approximate surface area is 120 Å². The van der Waals surface area contributed by atoms with Crippen molar-refractivity contribution in [2.24, 2.45) is 5.92 Å². The lowest BCUT2D eigenvalue weighted by molar-refractivity contribution is -0.309. The van der Waals surface area contributed by atoms with E-state index < -0.39 is 11.9 Å². The number of carbonyl (C=O) groups is 1. The minimum absolute atomic E-state index is 0.219. The summed E-state index contributed by atoms with van der Waals surface area (Å²) in [5.41, 5.74) is 2.07. The monoisotopic (exact) mass is 272 g/mol. The molecule has 1 aromatic carbocycles. The van der Waals surface area contributed by atoms with Crippen molar-refractivity contribution in [2.45, 2.75) is 50.6 Å². The number of aliphatic carboxylic acids is 1. The molecule has 0 radical (unpaired) electrons. The topological polar surface area (TPSA) is 43.4 Å².